The van der Waals surface area contributed by atoms with Crippen molar-refractivity contribution in [3.63, 3.8) is 0 Å². The van der Waals surface area contributed by atoms with E-state index in [0.717, 1.165) is 20.9 Å². The van der Waals surface area contributed by atoms with Crippen LogP contribution >= 0.6 is 22.9 Å². The number of esters is 1. The molecule has 0 unspecified atom stereocenters. The minimum absolute atomic E-state index is 0.234. The van der Waals surface area contributed by atoms with Gasteiger partial charge < -0.3 is 4.74 Å². The van der Waals surface area contributed by atoms with Crippen LogP contribution in [0.15, 0.2) is 48.5 Å². The fourth-order valence-corrected chi connectivity index (χ4v) is 5.92. The molecule has 0 bridgehead atoms. The van der Waals surface area contributed by atoms with Crippen LogP contribution < -0.4 is 9.96 Å². The summed E-state index contributed by atoms with van der Waals surface area (Å²) in [7, 11) is 1.28. The average Bonchev–Trinajstić information content (AvgIpc) is 3.45. The number of amides is 2. The molecule has 7 nitrogen and oxygen atoms in total. The molecule has 2 aliphatic heterocycles. The fraction of sp³-hybridized carbons (Fsp3) is 0.269. The van der Waals surface area contributed by atoms with Crippen LogP contribution in [0.1, 0.15) is 38.0 Å². The minimum Gasteiger partial charge on any atom is -0.465 e. The van der Waals surface area contributed by atoms with Gasteiger partial charge >= 0.3 is 5.97 Å². The Morgan fingerprint density at radius 1 is 1.00 bits per heavy atom. The predicted molar refractivity (Wildman–Crippen MR) is 134 cm³/mol. The molecule has 3 heterocycles. The molecule has 1 aromatic heterocycles. The van der Waals surface area contributed by atoms with Gasteiger partial charge in [0.25, 0.3) is 5.91 Å². The first-order valence-electron chi connectivity index (χ1n) is 11.1. The monoisotopic (exact) mass is 510 g/mol. The van der Waals surface area contributed by atoms with Gasteiger partial charge in [0.1, 0.15) is 10.9 Å². The summed E-state index contributed by atoms with van der Waals surface area (Å²) < 4.78 is 4.95. The van der Waals surface area contributed by atoms with Crippen molar-refractivity contribution in [2.45, 2.75) is 32.9 Å². The van der Waals surface area contributed by atoms with E-state index >= 15 is 0 Å². The second-order valence-corrected chi connectivity index (χ2v) is 10.3. The van der Waals surface area contributed by atoms with E-state index in [2.05, 4.69) is 0 Å². The maximum atomic E-state index is 13.9. The van der Waals surface area contributed by atoms with Crippen LogP contribution in [-0.2, 0) is 19.2 Å². The Kier molecular flexibility index (Phi) is 5.91. The van der Waals surface area contributed by atoms with Crippen LogP contribution in [0.3, 0.4) is 0 Å². The molecular formula is C26H23ClN2O5S. The molecule has 2 saturated heterocycles. The van der Waals surface area contributed by atoms with Gasteiger partial charge in [-0.3, -0.25) is 14.4 Å². The topological polar surface area (TPSA) is 76.2 Å². The number of halogens is 1. The summed E-state index contributed by atoms with van der Waals surface area (Å²) in [5.41, 5.74) is 3.52. The first kappa shape index (κ1) is 23.5. The number of thiophene rings is 1. The number of rotatable bonds is 4. The van der Waals surface area contributed by atoms with Gasteiger partial charge in [-0.1, -0.05) is 41.4 Å². The van der Waals surface area contributed by atoms with Crippen molar-refractivity contribution >= 4 is 51.4 Å². The molecule has 5 rings (SSSR count). The molecule has 3 aromatic rings. The summed E-state index contributed by atoms with van der Waals surface area (Å²) in [6.45, 7) is 5.60. The summed E-state index contributed by atoms with van der Waals surface area (Å²) >= 11 is 7.30. The van der Waals surface area contributed by atoms with Crippen molar-refractivity contribution in [2.75, 3.05) is 17.1 Å². The predicted octanol–water partition coefficient (Wildman–Crippen LogP) is 5.16. The van der Waals surface area contributed by atoms with Crippen LogP contribution in [0.5, 0.6) is 0 Å². The minimum atomic E-state index is -1.03. The number of nitrogens with zero attached hydrogens (tertiary/aromatic N) is 2. The van der Waals surface area contributed by atoms with Gasteiger partial charge in [0.05, 0.1) is 24.4 Å². The Morgan fingerprint density at radius 2 is 1.66 bits per heavy atom. The molecule has 9 heteroatoms. The molecule has 2 fully saturated rings. The van der Waals surface area contributed by atoms with Crippen LogP contribution in [0, 0.1) is 26.7 Å². The average molecular weight is 511 g/mol. The lowest BCUT2D eigenvalue weighted by Gasteiger charge is -2.28. The van der Waals surface area contributed by atoms with Crippen LogP contribution in [-0.4, -0.2) is 31.0 Å². The lowest BCUT2D eigenvalue weighted by Crippen LogP contribution is -2.37. The zero-order chi connectivity index (χ0) is 25.0. The van der Waals surface area contributed by atoms with E-state index in [9.17, 15) is 14.4 Å². The number of fused-ring (bicyclic) bond motifs is 1. The standard InChI is InChI=1S/C26H23ClN2O5S/c1-13-5-7-16(8-6-13)21-20-22(34-29(21)18-11-9-17(27)10-12-18)24(31)28(23(20)30)25-19(26(32)33-4)14(2)15(3)35-25/h5-12,20-22H,1-4H3/t20-,21-,22-/m0/s1. The number of aryl methyl sites for hydroxylation is 2. The highest BCUT2D eigenvalue weighted by molar-refractivity contribution is 7.17. The van der Waals surface area contributed by atoms with Crippen molar-refractivity contribution in [1.29, 1.82) is 0 Å². The fourth-order valence-electron chi connectivity index (χ4n) is 4.64. The number of carbonyl (C=O) groups is 3. The van der Waals surface area contributed by atoms with Gasteiger partial charge in [0.15, 0.2) is 6.10 Å². The first-order valence-corrected chi connectivity index (χ1v) is 12.3. The maximum Gasteiger partial charge on any atom is 0.341 e. The van der Waals surface area contributed by atoms with Gasteiger partial charge in [-0.15, -0.1) is 11.3 Å². The van der Waals surface area contributed by atoms with Crippen molar-refractivity contribution < 1.29 is 24.0 Å². The van der Waals surface area contributed by atoms with Gasteiger partial charge in [0.2, 0.25) is 5.91 Å². The van der Waals surface area contributed by atoms with Gasteiger partial charge in [-0.2, -0.15) is 0 Å². The third-order valence-corrected chi connectivity index (χ3v) is 8.02. The quantitative estimate of drug-likeness (QED) is 0.356. The number of hydrogen-bond acceptors (Lipinski definition) is 7. The molecule has 180 valence electrons. The SMILES string of the molecule is COC(=O)c1c(N2C(=O)[C@@H]3[C@H](ON(c4ccc(Cl)cc4)[C@H]3c3ccc(C)cc3)C2=O)sc(C)c1C. The number of methoxy groups -OCH3 is 1. The third-order valence-electron chi connectivity index (χ3n) is 6.57. The van der Waals surface area contributed by atoms with Crippen molar-refractivity contribution in [3.8, 4) is 0 Å². The van der Waals surface area contributed by atoms with E-state index in [0.29, 0.717) is 16.3 Å². The van der Waals surface area contributed by atoms with E-state index in [1.165, 1.54) is 18.4 Å². The normalized spacial score (nSPS) is 21.6. The second-order valence-electron chi connectivity index (χ2n) is 8.68. The van der Waals surface area contributed by atoms with E-state index in [-0.39, 0.29) is 10.6 Å². The van der Waals surface area contributed by atoms with E-state index in [1.54, 1.807) is 36.3 Å². The van der Waals surface area contributed by atoms with E-state index in [4.69, 9.17) is 21.2 Å². The molecule has 0 N–H and O–H groups in total. The summed E-state index contributed by atoms with van der Waals surface area (Å²) in [6, 6.07) is 14.3. The number of benzene rings is 2. The second kappa shape index (κ2) is 8.78. The highest BCUT2D eigenvalue weighted by Gasteiger charge is 2.61. The maximum absolute atomic E-state index is 13.9. The molecule has 0 spiro atoms. The molecule has 2 aromatic carbocycles. The largest absolute Gasteiger partial charge is 0.465 e. The lowest BCUT2D eigenvalue weighted by molar-refractivity contribution is -0.126. The smallest absolute Gasteiger partial charge is 0.341 e. The van der Waals surface area contributed by atoms with Crippen molar-refractivity contribution in [1.82, 2.24) is 0 Å². The van der Waals surface area contributed by atoms with Crippen molar-refractivity contribution in [3.05, 3.63) is 80.7 Å². The number of hydroxylamine groups is 1. The number of anilines is 2. The molecule has 0 aliphatic carbocycles. The Balaban J connectivity index is 1.60. The highest BCUT2D eigenvalue weighted by atomic mass is 35.5. The number of carbonyl (C=O) groups excluding carboxylic acids is 3. The Morgan fingerprint density at radius 3 is 2.29 bits per heavy atom. The Bertz CT molecular complexity index is 1340. The highest BCUT2D eigenvalue weighted by Crippen LogP contribution is 2.49. The molecule has 0 radical (unpaired) electrons. The van der Waals surface area contributed by atoms with Crippen LogP contribution in [0.2, 0.25) is 5.02 Å². The van der Waals surface area contributed by atoms with Gasteiger partial charge in [-0.05, 0) is 56.2 Å². The Labute approximate surface area is 211 Å². The summed E-state index contributed by atoms with van der Waals surface area (Å²) in [6.07, 6.45) is -1.03. The van der Waals surface area contributed by atoms with Crippen LogP contribution in [0.4, 0.5) is 10.7 Å². The zero-order valence-corrected chi connectivity index (χ0v) is 21.1. The summed E-state index contributed by atoms with van der Waals surface area (Å²) in [4.78, 5) is 48.2. The molecule has 35 heavy (non-hydrogen) atoms. The van der Waals surface area contributed by atoms with Crippen molar-refractivity contribution in [2.24, 2.45) is 5.92 Å². The van der Waals surface area contributed by atoms with Gasteiger partial charge in [-0.25, -0.2) is 14.8 Å². The number of ether oxygens (including phenoxy) is 1. The third kappa shape index (κ3) is 3.73. The summed E-state index contributed by atoms with van der Waals surface area (Å²) in [5.74, 6) is -2.29. The number of hydrogen-bond donors (Lipinski definition) is 0. The Hall–Kier alpha value is -3.20. The molecular weight excluding hydrogens is 488 g/mol. The molecule has 3 atom stereocenters. The van der Waals surface area contributed by atoms with Crippen LogP contribution in [0.25, 0.3) is 0 Å². The van der Waals surface area contributed by atoms with E-state index < -0.39 is 35.8 Å². The zero-order valence-electron chi connectivity index (χ0n) is 19.6. The molecule has 2 amide bonds. The first-order chi connectivity index (χ1) is 16.7. The number of imide groups is 1. The molecule has 2 aliphatic rings. The van der Waals surface area contributed by atoms with E-state index in [1.807, 2.05) is 38.1 Å². The summed E-state index contributed by atoms with van der Waals surface area (Å²) in [5, 5.41) is 2.47. The lowest BCUT2D eigenvalue weighted by atomic mass is 9.90. The van der Waals surface area contributed by atoms with Gasteiger partial charge in [0, 0.05) is 9.90 Å². The molecule has 0 saturated carbocycles.